The minimum atomic E-state index is 0.0657. The van der Waals surface area contributed by atoms with Crippen LogP contribution in [0, 0.1) is 0 Å². The van der Waals surface area contributed by atoms with Crippen molar-refractivity contribution >= 4 is 17.2 Å². The number of carbonyl (C=O) groups excluding carboxylic acids is 1. The van der Waals surface area contributed by atoms with Crippen LogP contribution < -0.4 is 0 Å². The standard InChI is InChI=1S/C15H17NO2S/c1-18-10-9-16(12-13-6-3-2-4-7-13)15(17)14-8-5-11-19-14/h2-8,11H,9-10,12H2,1H3. The Labute approximate surface area is 117 Å². The van der Waals surface area contributed by atoms with Gasteiger partial charge in [0, 0.05) is 20.2 Å². The van der Waals surface area contributed by atoms with Crippen molar-refractivity contribution in [2.75, 3.05) is 20.3 Å². The van der Waals surface area contributed by atoms with E-state index in [-0.39, 0.29) is 5.91 Å². The lowest BCUT2D eigenvalue weighted by atomic mass is 10.2. The molecule has 100 valence electrons. The van der Waals surface area contributed by atoms with Crippen LogP contribution in [0.1, 0.15) is 15.2 Å². The van der Waals surface area contributed by atoms with Crippen LogP contribution in [-0.4, -0.2) is 31.1 Å². The maximum absolute atomic E-state index is 12.4. The van der Waals surface area contributed by atoms with E-state index in [1.165, 1.54) is 11.3 Å². The summed E-state index contributed by atoms with van der Waals surface area (Å²) in [6.07, 6.45) is 0. The molecule has 1 aromatic carbocycles. The molecule has 4 heteroatoms. The van der Waals surface area contributed by atoms with Crippen LogP contribution in [0.15, 0.2) is 47.8 Å². The molecule has 0 aliphatic heterocycles. The van der Waals surface area contributed by atoms with Gasteiger partial charge < -0.3 is 9.64 Å². The summed E-state index contributed by atoms with van der Waals surface area (Å²) in [4.78, 5) is 15.0. The van der Waals surface area contributed by atoms with Gasteiger partial charge >= 0.3 is 0 Å². The first-order valence-electron chi connectivity index (χ1n) is 6.17. The quantitative estimate of drug-likeness (QED) is 0.811. The van der Waals surface area contributed by atoms with Crippen LogP contribution in [0.4, 0.5) is 0 Å². The third-order valence-corrected chi connectivity index (χ3v) is 3.66. The van der Waals surface area contributed by atoms with Crippen molar-refractivity contribution in [1.29, 1.82) is 0 Å². The van der Waals surface area contributed by atoms with Gasteiger partial charge in [0.15, 0.2) is 0 Å². The van der Waals surface area contributed by atoms with Gasteiger partial charge in [-0.15, -0.1) is 11.3 Å². The fourth-order valence-corrected chi connectivity index (χ4v) is 2.50. The van der Waals surface area contributed by atoms with E-state index in [1.54, 1.807) is 7.11 Å². The zero-order valence-electron chi connectivity index (χ0n) is 10.9. The van der Waals surface area contributed by atoms with E-state index in [0.717, 1.165) is 10.4 Å². The molecule has 2 aromatic rings. The highest BCUT2D eigenvalue weighted by Gasteiger charge is 2.16. The number of nitrogens with zero attached hydrogens (tertiary/aromatic N) is 1. The molecule has 0 atom stereocenters. The molecule has 0 saturated heterocycles. The molecule has 0 N–H and O–H groups in total. The van der Waals surface area contributed by atoms with Gasteiger partial charge in [0.25, 0.3) is 5.91 Å². The molecule has 0 spiro atoms. The Kier molecular flexibility index (Phi) is 5.12. The molecule has 0 aliphatic rings. The molecule has 1 aromatic heterocycles. The van der Waals surface area contributed by atoms with Crippen LogP contribution in [0.5, 0.6) is 0 Å². The first kappa shape index (κ1) is 13.8. The fourth-order valence-electron chi connectivity index (χ4n) is 1.81. The number of carbonyl (C=O) groups is 1. The predicted octanol–water partition coefficient (Wildman–Crippen LogP) is 3.04. The van der Waals surface area contributed by atoms with Crippen molar-refractivity contribution in [2.24, 2.45) is 0 Å². The van der Waals surface area contributed by atoms with E-state index >= 15 is 0 Å². The lowest BCUT2D eigenvalue weighted by molar-refractivity contribution is 0.0685. The lowest BCUT2D eigenvalue weighted by Gasteiger charge is -2.21. The molecule has 1 amide bonds. The average Bonchev–Trinajstić information content (AvgIpc) is 2.98. The summed E-state index contributed by atoms with van der Waals surface area (Å²) in [6.45, 7) is 1.76. The summed E-state index contributed by atoms with van der Waals surface area (Å²) >= 11 is 1.47. The second kappa shape index (κ2) is 7.07. The smallest absolute Gasteiger partial charge is 0.264 e. The first-order valence-corrected chi connectivity index (χ1v) is 7.05. The molecule has 0 bridgehead atoms. The maximum Gasteiger partial charge on any atom is 0.264 e. The summed E-state index contributed by atoms with van der Waals surface area (Å²) in [6, 6.07) is 13.8. The van der Waals surface area contributed by atoms with Crippen LogP contribution in [0.25, 0.3) is 0 Å². The Hall–Kier alpha value is -1.65. The van der Waals surface area contributed by atoms with Gasteiger partial charge in [0.1, 0.15) is 0 Å². The molecular formula is C15H17NO2S. The number of rotatable bonds is 6. The third kappa shape index (κ3) is 3.91. The van der Waals surface area contributed by atoms with Crippen LogP contribution >= 0.6 is 11.3 Å². The van der Waals surface area contributed by atoms with Gasteiger partial charge in [-0.2, -0.15) is 0 Å². The van der Waals surface area contributed by atoms with Crippen LogP contribution in [-0.2, 0) is 11.3 Å². The number of hydrogen-bond acceptors (Lipinski definition) is 3. The second-order valence-electron chi connectivity index (χ2n) is 4.18. The summed E-state index contributed by atoms with van der Waals surface area (Å²) in [5.41, 5.74) is 1.13. The SMILES string of the molecule is COCCN(Cc1ccccc1)C(=O)c1cccs1. The Morgan fingerprint density at radius 1 is 1.21 bits per heavy atom. The Morgan fingerprint density at radius 3 is 2.63 bits per heavy atom. The van der Waals surface area contributed by atoms with Crippen molar-refractivity contribution < 1.29 is 9.53 Å². The van der Waals surface area contributed by atoms with Gasteiger partial charge in [-0.05, 0) is 17.0 Å². The van der Waals surface area contributed by atoms with Crippen LogP contribution in [0.3, 0.4) is 0 Å². The summed E-state index contributed by atoms with van der Waals surface area (Å²) in [7, 11) is 1.65. The third-order valence-electron chi connectivity index (χ3n) is 2.80. The van der Waals surface area contributed by atoms with Crippen LogP contribution in [0.2, 0.25) is 0 Å². The highest BCUT2D eigenvalue weighted by molar-refractivity contribution is 7.12. The highest BCUT2D eigenvalue weighted by Crippen LogP contribution is 2.14. The van der Waals surface area contributed by atoms with Gasteiger partial charge in [0.2, 0.25) is 0 Å². The van der Waals surface area contributed by atoms with Crippen molar-refractivity contribution in [3.8, 4) is 0 Å². The topological polar surface area (TPSA) is 29.5 Å². The van der Waals surface area contributed by atoms with Crippen molar-refractivity contribution in [3.63, 3.8) is 0 Å². The lowest BCUT2D eigenvalue weighted by Crippen LogP contribution is -2.32. The van der Waals surface area contributed by atoms with E-state index in [0.29, 0.717) is 19.7 Å². The first-order chi connectivity index (χ1) is 9.31. The molecule has 0 radical (unpaired) electrons. The predicted molar refractivity (Wildman–Crippen MR) is 77.4 cm³/mol. The molecule has 1 heterocycles. The number of benzene rings is 1. The van der Waals surface area contributed by atoms with Crippen molar-refractivity contribution in [3.05, 3.63) is 58.3 Å². The number of methoxy groups -OCH3 is 1. The second-order valence-corrected chi connectivity index (χ2v) is 5.13. The number of ether oxygens (including phenoxy) is 1. The highest BCUT2D eigenvalue weighted by atomic mass is 32.1. The Bertz CT molecular complexity index is 496. The number of amides is 1. The van der Waals surface area contributed by atoms with E-state index in [9.17, 15) is 4.79 Å². The normalized spacial score (nSPS) is 10.4. The molecule has 2 rings (SSSR count). The summed E-state index contributed by atoms with van der Waals surface area (Å²) in [5, 5.41) is 1.92. The van der Waals surface area contributed by atoms with Gasteiger partial charge in [-0.25, -0.2) is 0 Å². The van der Waals surface area contributed by atoms with E-state index in [4.69, 9.17) is 4.74 Å². The average molecular weight is 275 g/mol. The van der Waals surface area contributed by atoms with Crippen molar-refractivity contribution in [1.82, 2.24) is 4.90 Å². The minimum Gasteiger partial charge on any atom is -0.383 e. The number of hydrogen-bond donors (Lipinski definition) is 0. The molecule has 3 nitrogen and oxygen atoms in total. The molecule has 0 aliphatic carbocycles. The van der Waals surface area contributed by atoms with Gasteiger partial charge in [-0.3, -0.25) is 4.79 Å². The number of thiophene rings is 1. The summed E-state index contributed by atoms with van der Waals surface area (Å²) < 4.78 is 5.09. The molecule has 0 saturated carbocycles. The zero-order valence-corrected chi connectivity index (χ0v) is 11.7. The molecule has 19 heavy (non-hydrogen) atoms. The molecular weight excluding hydrogens is 258 g/mol. The van der Waals surface area contributed by atoms with Gasteiger partial charge in [-0.1, -0.05) is 36.4 Å². The van der Waals surface area contributed by atoms with Gasteiger partial charge in [0.05, 0.1) is 11.5 Å². The zero-order chi connectivity index (χ0) is 13.5. The largest absolute Gasteiger partial charge is 0.383 e. The van der Waals surface area contributed by atoms with E-state index in [2.05, 4.69) is 0 Å². The molecule has 0 fully saturated rings. The Morgan fingerprint density at radius 2 is 2.00 bits per heavy atom. The van der Waals surface area contributed by atoms with E-state index in [1.807, 2.05) is 52.7 Å². The monoisotopic (exact) mass is 275 g/mol. The minimum absolute atomic E-state index is 0.0657. The van der Waals surface area contributed by atoms with Crippen molar-refractivity contribution in [2.45, 2.75) is 6.54 Å². The summed E-state index contributed by atoms with van der Waals surface area (Å²) in [5.74, 6) is 0.0657. The maximum atomic E-state index is 12.4. The van der Waals surface area contributed by atoms with E-state index < -0.39 is 0 Å². The fraction of sp³-hybridized carbons (Fsp3) is 0.267. The molecule has 0 unspecified atom stereocenters. The Balaban J connectivity index is 2.09.